The quantitative estimate of drug-likeness (QED) is 0.816. The molecule has 2 saturated heterocycles. The van der Waals surface area contributed by atoms with Gasteiger partial charge in [-0.05, 0) is 25.0 Å². The minimum absolute atomic E-state index is 0.0207. The molecule has 2 fully saturated rings. The summed E-state index contributed by atoms with van der Waals surface area (Å²) in [5, 5.41) is 3.65. The van der Waals surface area contributed by atoms with Gasteiger partial charge in [0.15, 0.2) is 0 Å². The summed E-state index contributed by atoms with van der Waals surface area (Å²) < 4.78 is 1.50. The Hall–Kier alpha value is -2.74. The number of nitrogens with one attached hydrogen (secondary N) is 1. The molecule has 2 aliphatic rings. The van der Waals surface area contributed by atoms with Gasteiger partial charge >= 0.3 is 0 Å². The van der Waals surface area contributed by atoms with Gasteiger partial charge in [-0.1, -0.05) is 12.1 Å². The van der Waals surface area contributed by atoms with Crippen molar-refractivity contribution in [3.8, 4) is 0 Å². The van der Waals surface area contributed by atoms with Crippen LogP contribution in [0, 0.1) is 0 Å². The minimum atomic E-state index is -0.124. The SMILES string of the molecule is O=C(CCn1cnc2ccccc2c1=O)N1CCCC(N2CCNCC2=O)C1. The fraction of sp³-hybridized carbons (Fsp3) is 0.500. The van der Waals surface area contributed by atoms with Crippen molar-refractivity contribution in [2.45, 2.75) is 31.8 Å². The van der Waals surface area contributed by atoms with Crippen LogP contribution in [0.4, 0.5) is 0 Å². The highest BCUT2D eigenvalue weighted by molar-refractivity contribution is 5.80. The van der Waals surface area contributed by atoms with Crippen molar-refractivity contribution in [1.29, 1.82) is 0 Å². The number of aromatic nitrogens is 2. The zero-order chi connectivity index (χ0) is 19.5. The Morgan fingerprint density at radius 1 is 1.21 bits per heavy atom. The van der Waals surface area contributed by atoms with Gasteiger partial charge in [0.05, 0.1) is 23.8 Å². The predicted octanol–water partition coefficient (Wildman–Crippen LogP) is 0.209. The number of hydrogen-bond acceptors (Lipinski definition) is 5. The van der Waals surface area contributed by atoms with E-state index in [1.54, 1.807) is 12.1 Å². The van der Waals surface area contributed by atoms with Crippen molar-refractivity contribution in [3.05, 3.63) is 40.9 Å². The second kappa shape index (κ2) is 8.10. The van der Waals surface area contributed by atoms with Gasteiger partial charge in [-0.3, -0.25) is 19.0 Å². The summed E-state index contributed by atoms with van der Waals surface area (Å²) >= 11 is 0. The van der Waals surface area contributed by atoms with Gasteiger partial charge in [-0.15, -0.1) is 0 Å². The van der Waals surface area contributed by atoms with Crippen molar-refractivity contribution in [2.24, 2.45) is 0 Å². The second-order valence-corrected chi connectivity index (χ2v) is 7.41. The molecule has 4 rings (SSSR count). The van der Waals surface area contributed by atoms with E-state index in [1.807, 2.05) is 21.9 Å². The maximum absolute atomic E-state index is 12.7. The van der Waals surface area contributed by atoms with Crippen LogP contribution in [0.2, 0.25) is 0 Å². The number of para-hydroxylation sites is 1. The summed E-state index contributed by atoms with van der Waals surface area (Å²) in [5.74, 6) is 0.131. The third kappa shape index (κ3) is 3.77. The Morgan fingerprint density at radius 3 is 2.93 bits per heavy atom. The lowest BCUT2D eigenvalue weighted by atomic mass is 10.0. The normalized spacial score (nSPS) is 20.6. The number of fused-ring (bicyclic) bond motifs is 1. The molecule has 1 aromatic carbocycles. The van der Waals surface area contributed by atoms with Gasteiger partial charge in [0.25, 0.3) is 5.56 Å². The first-order valence-corrected chi connectivity index (χ1v) is 9.85. The predicted molar refractivity (Wildman–Crippen MR) is 105 cm³/mol. The molecular formula is C20H25N5O3. The van der Waals surface area contributed by atoms with Gasteiger partial charge in [-0.2, -0.15) is 0 Å². The molecule has 3 heterocycles. The minimum Gasteiger partial charge on any atom is -0.341 e. The lowest BCUT2D eigenvalue weighted by Crippen LogP contribution is -2.57. The molecule has 0 saturated carbocycles. The van der Waals surface area contributed by atoms with E-state index in [-0.39, 0.29) is 29.8 Å². The standard InChI is InChI=1S/C20H25N5O3/c26-18(7-10-24-14-22-17-6-2-1-5-16(17)20(24)28)23-9-3-4-15(13-23)25-11-8-21-12-19(25)27/h1-2,5-6,14-15,21H,3-4,7-13H2. The molecule has 0 radical (unpaired) electrons. The highest BCUT2D eigenvalue weighted by Crippen LogP contribution is 2.18. The maximum atomic E-state index is 12.7. The molecule has 28 heavy (non-hydrogen) atoms. The number of hydrogen-bond donors (Lipinski definition) is 1. The molecule has 8 nitrogen and oxygen atoms in total. The van der Waals surface area contributed by atoms with Crippen molar-refractivity contribution in [3.63, 3.8) is 0 Å². The van der Waals surface area contributed by atoms with Crippen LogP contribution < -0.4 is 10.9 Å². The van der Waals surface area contributed by atoms with E-state index in [2.05, 4.69) is 10.3 Å². The zero-order valence-electron chi connectivity index (χ0n) is 15.8. The molecular weight excluding hydrogens is 358 g/mol. The van der Waals surface area contributed by atoms with Crippen LogP contribution in [0.5, 0.6) is 0 Å². The van der Waals surface area contributed by atoms with Crippen LogP contribution in [-0.2, 0) is 16.1 Å². The number of aryl methyl sites for hydroxylation is 1. The Morgan fingerprint density at radius 2 is 2.07 bits per heavy atom. The summed E-state index contributed by atoms with van der Waals surface area (Å²) in [6.07, 6.45) is 3.59. The van der Waals surface area contributed by atoms with E-state index >= 15 is 0 Å². The first kappa shape index (κ1) is 18.6. The number of piperazine rings is 1. The van der Waals surface area contributed by atoms with Crippen molar-refractivity contribution in [2.75, 3.05) is 32.7 Å². The molecule has 8 heteroatoms. The van der Waals surface area contributed by atoms with E-state index in [0.717, 1.165) is 19.4 Å². The summed E-state index contributed by atoms with van der Waals surface area (Å²) in [6, 6.07) is 7.31. The average Bonchev–Trinajstić information content (AvgIpc) is 2.74. The first-order valence-electron chi connectivity index (χ1n) is 9.85. The molecule has 2 amide bonds. The number of amides is 2. The third-order valence-corrected chi connectivity index (χ3v) is 5.61. The van der Waals surface area contributed by atoms with Crippen molar-refractivity contribution < 1.29 is 9.59 Å². The topological polar surface area (TPSA) is 87.5 Å². The molecule has 1 aromatic heterocycles. The van der Waals surface area contributed by atoms with Crippen molar-refractivity contribution in [1.82, 2.24) is 24.7 Å². The second-order valence-electron chi connectivity index (χ2n) is 7.41. The van der Waals surface area contributed by atoms with Crippen LogP contribution in [0.3, 0.4) is 0 Å². The number of nitrogens with zero attached hydrogens (tertiary/aromatic N) is 4. The number of rotatable bonds is 4. The molecule has 0 spiro atoms. The van der Waals surface area contributed by atoms with Crippen LogP contribution in [0.25, 0.3) is 10.9 Å². The van der Waals surface area contributed by atoms with E-state index in [4.69, 9.17) is 0 Å². The fourth-order valence-electron chi connectivity index (χ4n) is 4.08. The third-order valence-electron chi connectivity index (χ3n) is 5.61. The molecule has 148 valence electrons. The highest BCUT2D eigenvalue weighted by Gasteiger charge is 2.31. The Bertz CT molecular complexity index is 941. The lowest BCUT2D eigenvalue weighted by molar-refractivity contribution is -0.140. The lowest BCUT2D eigenvalue weighted by Gasteiger charge is -2.41. The highest BCUT2D eigenvalue weighted by atomic mass is 16.2. The van der Waals surface area contributed by atoms with Crippen LogP contribution in [0.15, 0.2) is 35.4 Å². The molecule has 0 bridgehead atoms. The molecule has 2 aliphatic heterocycles. The molecule has 1 unspecified atom stereocenters. The molecule has 0 aliphatic carbocycles. The Balaban J connectivity index is 1.39. The van der Waals surface area contributed by atoms with E-state index in [0.29, 0.717) is 43.6 Å². The Labute approximate surface area is 163 Å². The summed E-state index contributed by atoms with van der Waals surface area (Å²) in [4.78, 5) is 45.5. The van der Waals surface area contributed by atoms with E-state index < -0.39 is 0 Å². The molecule has 2 aromatic rings. The van der Waals surface area contributed by atoms with Gasteiger partial charge < -0.3 is 15.1 Å². The number of piperidine rings is 1. The van der Waals surface area contributed by atoms with Crippen LogP contribution in [0.1, 0.15) is 19.3 Å². The van der Waals surface area contributed by atoms with Gasteiger partial charge in [0.1, 0.15) is 0 Å². The average molecular weight is 383 g/mol. The van der Waals surface area contributed by atoms with Crippen molar-refractivity contribution >= 4 is 22.7 Å². The number of likely N-dealkylation sites (tertiary alicyclic amines) is 1. The molecule has 1 atom stereocenters. The number of carbonyl (C=O) groups excluding carboxylic acids is 2. The first-order chi connectivity index (χ1) is 13.6. The van der Waals surface area contributed by atoms with Gasteiger partial charge in [-0.25, -0.2) is 4.98 Å². The van der Waals surface area contributed by atoms with Crippen LogP contribution in [-0.4, -0.2) is 69.9 Å². The van der Waals surface area contributed by atoms with Gasteiger partial charge in [0.2, 0.25) is 11.8 Å². The zero-order valence-corrected chi connectivity index (χ0v) is 15.8. The fourth-order valence-corrected chi connectivity index (χ4v) is 4.08. The summed E-state index contributed by atoms with van der Waals surface area (Å²) in [7, 11) is 0. The smallest absolute Gasteiger partial charge is 0.261 e. The number of carbonyl (C=O) groups is 2. The monoisotopic (exact) mass is 383 g/mol. The maximum Gasteiger partial charge on any atom is 0.261 e. The van der Waals surface area contributed by atoms with Crippen LogP contribution >= 0.6 is 0 Å². The summed E-state index contributed by atoms with van der Waals surface area (Å²) in [5.41, 5.74) is 0.538. The Kier molecular flexibility index (Phi) is 5.38. The summed E-state index contributed by atoms with van der Waals surface area (Å²) in [6.45, 7) is 3.47. The van der Waals surface area contributed by atoms with E-state index in [1.165, 1.54) is 10.9 Å². The largest absolute Gasteiger partial charge is 0.341 e. The number of benzene rings is 1. The molecule has 1 N–H and O–H groups in total. The van der Waals surface area contributed by atoms with Gasteiger partial charge in [0, 0.05) is 45.2 Å². The van der Waals surface area contributed by atoms with E-state index in [9.17, 15) is 14.4 Å².